The smallest absolute Gasteiger partial charge is 0.303 e. The predicted octanol–water partition coefficient (Wildman–Crippen LogP) is 2.58. The van der Waals surface area contributed by atoms with Crippen LogP contribution in [0.5, 0.6) is 0 Å². The van der Waals surface area contributed by atoms with E-state index in [0.717, 1.165) is 12.8 Å². The molecule has 0 saturated carbocycles. The molecule has 0 unspecified atom stereocenters. The SMILES string of the molecule is CCCc1ccc(C(=O)N(C)CCCC(=O)O)cc1. The van der Waals surface area contributed by atoms with Crippen molar-refractivity contribution in [1.82, 2.24) is 4.90 Å². The van der Waals surface area contributed by atoms with Crippen LogP contribution in [-0.2, 0) is 11.2 Å². The number of aliphatic carboxylic acids is 1. The Balaban J connectivity index is 2.53. The minimum atomic E-state index is -0.829. The Labute approximate surface area is 114 Å². The van der Waals surface area contributed by atoms with Gasteiger partial charge >= 0.3 is 5.97 Å². The summed E-state index contributed by atoms with van der Waals surface area (Å²) in [6, 6.07) is 7.62. The summed E-state index contributed by atoms with van der Waals surface area (Å²) in [4.78, 5) is 24.1. The molecule has 19 heavy (non-hydrogen) atoms. The average molecular weight is 263 g/mol. The highest BCUT2D eigenvalue weighted by atomic mass is 16.4. The van der Waals surface area contributed by atoms with E-state index in [1.54, 1.807) is 11.9 Å². The first kappa shape index (κ1) is 15.2. The minimum absolute atomic E-state index is 0.0616. The molecule has 1 aromatic rings. The van der Waals surface area contributed by atoms with Crippen LogP contribution in [0.15, 0.2) is 24.3 Å². The van der Waals surface area contributed by atoms with Crippen molar-refractivity contribution in [2.75, 3.05) is 13.6 Å². The fourth-order valence-electron chi connectivity index (χ4n) is 1.89. The molecule has 0 aliphatic carbocycles. The summed E-state index contributed by atoms with van der Waals surface area (Å²) in [7, 11) is 1.70. The van der Waals surface area contributed by atoms with Crippen LogP contribution in [0.25, 0.3) is 0 Å². The van der Waals surface area contributed by atoms with Crippen molar-refractivity contribution in [1.29, 1.82) is 0 Å². The van der Waals surface area contributed by atoms with Gasteiger partial charge in [0.15, 0.2) is 0 Å². The topological polar surface area (TPSA) is 57.6 Å². The van der Waals surface area contributed by atoms with Crippen molar-refractivity contribution in [2.45, 2.75) is 32.6 Å². The number of hydrogen-bond acceptors (Lipinski definition) is 2. The third-order valence-corrected chi connectivity index (χ3v) is 2.97. The standard InChI is InChI=1S/C15H21NO3/c1-3-5-12-7-9-13(10-8-12)15(19)16(2)11-4-6-14(17)18/h7-10H,3-6,11H2,1-2H3,(H,17,18). The van der Waals surface area contributed by atoms with Gasteiger partial charge in [0, 0.05) is 25.6 Å². The molecule has 0 saturated heterocycles. The molecule has 0 radical (unpaired) electrons. The molecule has 0 spiro atoms. The summed E-state index contributed by atoms with van der Waals surface area (Å²) in [5, 5.41) is 8.56. The molecule has 104 valence electrons. The molecule has 1 amide bonds. The number of amides is 1. The number of carboxylic acid groups (broad SMARTS) is 1. The molecule has 1 N–H and O–H groups in total. The number of aryl methyl sites for hydroxylation is 1. The molecular weight excluding hydrogens is 242 g/mol. The lowest BCUT2D eigenvalue weighted by atomic mass is 10.1. The van der Waals surface area contributed by atoms with Crippen LogP contribution in [0.1, 0.15) is 42.1 Å². The fraction of sp³-hybridized carbons (Fsp3) is 0.467. The molecule has 4 heteroatoms. The second-order valence-corrected chi connectivity index (χ2v) is 4.67. The Morgan fingerprint density at radius 3 is 2.37 bits per heavy atom. The number of hydrogen-bond donors (Lipinski definition) is 1. The van der Waals surface area contributed by atoms with Gasteiger partial charge in [0.05, 0.1) is 0 Å². The number of carbonyl (C=O) groups is 2. The van der Waals surface area contributed by atoms with Crippen molar-refractivity contribution in [3.8, 4) is 0 Å². The highest BCUT2D eigenvalue weighted by Crippen LogP contribution is 2.09. The second kappa shape index (κ2) is 7.56. The molecule has 0 aliphatic heterocycles. The van der Waals surface area contributed by atoms with E-state index in [4.69, 9.17) is 5.11 Å². The highest BCUT2D eigenvalue weighted by molar-refractivity contribution is 5.94. The van der Waals surface area contributed by atoms with E-state index < -0.39 is 5.97 Å². The van der Waals surface area contributed by atoms with Gasteiger partial charge in [0.1, 0.15) is 0 Å². The third-order valence-electron chi connectivity index (χ3n) is 2.97. The Hall–Kier alpha value is -1.84. The Kier molecular flexibility index (Phi) is 6.06. The van der Waals surface area contributed by atoms with Crippen LogP contribution >= 0.6 is 0 Å². The molecule has 0 heterocycles. The number of carbonyl (C=O) groups excluding carboxylic acids is 1. The minimum Gasteiger partial charge on any atom is -0.481 e. The predicted molar refractivity (Wildman–Crippen MR) is 74.3 cm³/mol. The van der Waals surface area contributed by atoms with Crippen LogP contribution < -0.4 is 0 Å². The molecule has 0 bridgehead atoms. The van der Waals surface area contributed by atoms with Gasteiger partial charge < -0.3 is 10.0 Å². The quantitative estimate of drug-likeness (QED) is 0.822. The number of benzene rings is 1. The van der Waals surface area contributed by atoms with E-state index in [0.29, 0.717) is 18.5 Å². The van der Waals surface area contributed by atoms with E-state index >= 15 is 0 Å². The maximum absolute atomic E-state index is 12.1. The van der Waals surface area contributed by atoms with E-state index in [2.05, 4.69) is 6.92 Å². The zero-order valence-electron chi connectivity index (χ0n) is 11.6. The average Bonchev–Trinajstić information content (AvgIpc) is 2.38. The van der Waals surface area contributed by atoms with Crippen LogP contribution in [0.2, 0.25) is 0 Å². The van der Waals surface area contributed by atoms with E-state index in [1.165, 1.54) is 5.56 Å². The Morgan fingerprint density at radius 2 is 1.84 bits per heavy atom. The van der Waals surface area contributed by atoms with Crippen LogP contribution in [0, 0.1) is 0 Å². The van der Waals surface area contributed by atoms with E-state index in [1.807, 2.05) is 24.3 Å². The van der Waals surface area contributed by atoms with Crippen LogP contribution in [-0.4, -0.2) is 35.5 Å². The molecule has 0 aromatic heterocycles. The Bertz CT molecular complexity index is 426. The van der Waals surface area contributed by atoms with Gasteiger partial charge in [0.2, 0.25) is 0 Å². The van der Waals surface area contributed by atoms with Gasteiger partial charge in [-0.1, -0.05) is 25.5 Å². The van der Waals surface area contributed by atoms with E-state index in [9.17, 15) is 9.59 Å². The van der Waals surface area contributed by atoms with E-state index in [-0.39, 0.29) is 12.3 Å². The molecule has 0 fully saturated rings. The summed E-state index contributed by atoms with van der Waals surface area (Å²) in [5.41, 5.74) is 1.88. The van der Waals surface area contributed by atoms with Crippen molar-refractivity contribution in [3.63, 3.8) is 0 Å². The summed E-state index contributed by atoms with van der Waals surface area (Å²) >= 11 is 0. The monoisotopic (exact) mass is 263 g/mol. The molecular formula is C15H21NO3. The molecule has 1 rings (SSSR count). The molecule has 1 aromatic carbocycles. The first-order valence-corrected chi connectivity index (χ1v) is 6.60. The third kappa shape index (κ3) is 5.12. The largest absolute Gasteiger partial charge is 0.481 e. The van der Waals surface area contributed by atoms with Gasteiger partial charge in [-0.25, -0.2) is 0 Å². The van der Waals surface area contributed by atoms with Gasteiger partial charge in [-0.05, 0) is 30.5 Å². The van der Waals surface area contributed by atoms with Gasteiger partial charge in [-0.15, -0.1) is 0 Å². The summed E-state index contributed by atoms with van der Waals surface area (Å²) in [6.07, 6.45) is 2.67. The Morgan fingerprint density at radius 1 is 1.21 bits per heavy atom. The summed E-state index contributed by atoms with van der Waals surface area (Å²) in [6.45, 7) is 2.58. The molecule has 0 atom stereocenters. The summed E-state index contributed by atoms with van der Waals surface area (Å²) < 4.78 is 0. The number of carboxylic acids is 1. The number of nitrogens with zero attached hydrogens (tertiary/aromatic N) is 1. The van der Waals surface area contributed by atoms with Crippen molar-refractivity contribution in [2.24, 2.45) is 0 Å². The molecule has 4 nitrogen and oxygen atoms in total. The van der Waals surface area contributed by atoms with Gasteiger partial charge in [-0.2, -0.15) is 0 Å². The number of rotatable bonds is 7. The highest BCUT2D eigenvalue weighted by Gasteiger charge is 2.11. The summed E-state index contributed by atoms with van der Waals surface area (Å²) in [5.74, 6) is -0.891. The zero-order valence-corrected chi connectivity index (χ0v) is 11.6. The van der Waals surface area contributed by atoms with Crippen molar-refractivity contribution in [3.05, 3.63) is 35.4 Å². The first-order valence-electron chi connectivity index (χ1n) is 6.60. The van der Waals surface area contributed by atoms with Crippen LogP contribution in [0.4, 0.5) is 0 Å². The molecule has 0 aliphatic rings. The zero-order chi connectivity index (χ0) is 14.3. The lowest BCUT2D eigenvalue weighted by molar-refractivity contribution is -0.137. The van der Waals surface area contributed by atoms with Crippen molar-refractivity contribution >= 4 is 11.9 Å². The first-order chi connectivity index (χ1) is 9.04. The lowest BCUT2D eigenvalue weighted by Gasteiger charge is -2.16. The van der Waals surface area contributed by atoms with Crippen molar-refractivity contribution < 1.29 is 14.7 Å². The van der Waals surface area contributed by atoms with Gasteiger partial charge in [0.25, 0.3) is 5.91 Å². The maximum atomic E-state index is 12.1. The fourth-order valence-corrected chi connectivity index (χ4v) is 1.89. The maximum Gasteiger partial charge on any atom is 0.303 e. The second-order valence-electron chi connectivity index (χ2n) is 4.67. The normalized spacial score (nSPS) is 10.2. The lowest BCUT2D eigenvalue weighted by Crippen LogP contribution is -2.28. The van der Waals surface area contributed by atoms with Crippen LogP contribution in [0.3, 0.4) is 0 Å². The van der Waals surface area contributed by atoms with Gasteiger partial charge in [-0.3, -0.25) is 9.59 Å².